The predicted molar refractivity (Wildman–Crippen MR) is 319 cm³/mol. The Balaban J connectivity index is 3.49. The summed E-state index contributed by atoms with van der Waals surface area (Å²) in [5.41, 5.74) is 0. The van der Waals surface area contributed by atoms with Crippen LogP contribution in [0, 0.1) is 0 Å². The average molecular weight is 1010 g/mol. The minimum absolute atomic E-state index is 0.0175. The van der Waals surface area contributed by atoms with Gasteiger partial charge in [0.15, 0.2) is 0 Å². The number of carbonyl (C=O) groups is 1. The van der Waals surface area contributed by atoms with E-state index in [1.54, 1.807) is 6.08 Å². The molecule has 1 amide bonds. The van der Waals surface area contributed by atoms with Gasteiger partial charge in [-0.3, -0.25) is 4.79 Å². The van der Waals surface area contributed by atoms with Crippen molar-refractivity contribution in [1.29, 1.82) is 0 Å². The molecule has 0 aliphatic rings. The van der Waals surface area contributed by atoms with Crippen LogP contribution in [-0.4, -0.2) is 46.1 Å². The van der Waals surface area contributed by atoms with E-state index in [2.05, 4.69) is 31.3 Å². The number of carbonyl (C=O) groups excluding carboxylic acids is 1. The van der Waals surface area contributed by atoms with E-state index in [1.165, 1.54) is 321 Å². The Kier molecular flexibility index (Phi) is 61.4. The third-order valence-corrected chi connectivity index (χ3v) is 15.7. The van der Waals surface area contributed by atoms with Gasteiger partial charge in [0.05, 0.1) is 31.3 Å². The minimum atomic E-state index is -0.929. The van der Waals surface area contributed by atoms with Crippen LogP contribution in [0.2, 0.25) is 0 Å². The van der Waals surface area contributed by atoms with Gasteiger partial charge in [-0.05, 0) is 44.9 Å². The Morgan fingerprint density at radius 3 is 0.847 bits per heavy atom. The van der Waals surface area contributed by atoms with Crippen molar-refractivity contribution in [2.24, 2.45) is 0 Å². The van der Waals surface area contributed by atoms with Crippen LogP contribution in [0.1, 0.15) is 373 Å². The van der Waals surface area contributed by atoms with E-state index in [1.807, 2.05) is 6.08 Å². The van der Waals surface area contributed by atoms with Gasteiger partial charge < -0.3 is 20.6 Å². The molecule has 5 heteroatoms. The van der Waals surface area contributed by atoms with Crippen LogP contribution in [0.5, 0.6) is 0 Å². The second-order valence-electron chi connectivity index (χ2n) is 23.1. The fraction of sp³-hybridized carbons (Fsp3) is 0.925. The number of hydrogen-bond donors (Lipinski definition) is 4. The van der Waals surface area contributed by atoms with E-state index in [0.717, 1.165) is 25.7 Å². The van der Waals surface area contributed by atoms with Crippen molar-refractivity contribution in [3.8, 4) is 0 Å². The highest BCUT2D eigenvalue weighted by Gasteiger charge is 2.20. The standard InChI is InChI=1S/C67H131NO4/c1-3-5-7-9-11-13-15-17-19-21-23-25-27-29-30-31-32-33-34-35-36-37-38-40-42-44-46-48-50-52-54-56-58-60-64(70)62-67(72)68-65(63-69)66(71)61-59-57-55-53-51-49-47-45-43-41-39-28-26-24-22-20-18-16-14-12-10-8-6-4-2/h31-32,59,61,64-66,69-71H,3-30,33-58,60,62-63H2,1-2H3,(H,68,72)/b32-31-,61-59+. The van der Waals surface area contributed by atoms with Crippen LogP contribution >= 0.6 is 0 Å². The number of hydrogen-bond acceptors (Lipinski definition) is 4. The molecular formula is C67H131NO4. The molecule has 3 unspecified atom stereocenters. The van der Waals surface area contributed by atoms with E-state index in [9.17, 15) is 20.1 Å². The molecule has 0 aromatic rings. The molecule has 4 N–H and O–H groups in total. The van der Waals surface area contributed by atoms with Gasteiger partial charge in [-0.25, -0.2) is 0 Å². The number of aliphatic hydroxyl groups is 3. The highest BCUT2D eigenvalue weighted by Crippen LogP contribution is 2.19. The van der Waals surface area contributed by atoms with E-state index in [0.29, 0.717) is 6.42 Å². The first-order valence-corrected chi connectivity index (χ1v) is 33.1. The zero-order chi connectivity index (χ0) is 52.2. The van der Waals surface area contributed by atoms with Gasteiger partial charge in [-0.15, -0.1) is 0 Å². The summed E-state index contributed by atoms with van der Waals surface area (Å²) in [5.74, 6) is -0.308. The van der Waals surface area contributed by atoms with Crippen molar-refractivity contribution in [3.63, 3.8) is 0 Å². The molecule has 0 aromatic carbocycles. The largest absolute Gasteiger partial charge is 0.394 e. The quantitative estimate of drug-likeness (QED) is 0.0361. The van der Waals surface area contributed by atoms with Crippen molar-refractivity contribution in [3.05, 3.63) is 24.3 Å². The molecule has 0 saturated heterocycles. The second-order valence-corrected chi connectivity index (χ2v) is 23.1. The summed E-state index contributed by atoms with van der Waals surface area (Å²) in [6.45, 7) is 4.27. The van der Waals surface area contributed by atoms with Crippen LogP contribution in [-0.2, 0) is 4.79 Å². The number of amides is 1. The topological polar surface area (TPSA) is 89.8 Å². The van der Waals surface area contributed by atoms with Crippen LogP contribution < -0.4 is 5.32 Å². The number of aliphatic hydroxyl groups excluding tert-OH is 3. The summed E-state index contributed by atoms with van der Waals surface area (Å²) in [6, 6.07) is -0.744. The SMILES string of the molecule is CCCCCCCCCCCCCCCC/C=C\CCCCCCCCCCCCCCCCCC(O)CC(=O)NC(CO)C(O)/C=C/CCCCCCCCCCCCCCCCCCCCCCCC. The van der Waals surface area contributed by atoms with E-state index < -0.39 is 18.2 Å². The molecule has 0 radical (unpaired) electrons. The van der Waals surface area contributed by atoms with Crippen molar-refractivity contribution in [2.75, 3.05) is 6.61 Å². The highest BCUT2D eigenvalue weighted by molar-refractivity contribution is 5.76. The summed E-state index contributed by atoms with van der Waals surface area (Å²) in [4.78, 5) is 12.6. The molecular weight excluding hydrogens is 883 g/mol. The number of rotatable bonds is 62. The molecule has 0 aromatic heterocycles. The molecule has 428 valence electrons. The number of nitrogens with one attached hydrogen (secondary N) is 1. The molecule has 5 nitrogen and oxygen atoms in total. The second kappa shape index (κ2) is 62.4. The fourth-order valence-electron chi connectivity index (χ4n) is 10.7. The molecule has 0 saturated carbocycles. The first kappa shape index (κ1) is 70.8. The lowest BCUT2D eigenvalue weighted by atomic mass is 10.0. The third-order valence-electron chi connectivity index (χ3n) is 15.7. The summed E-state index contributed by atoms with van der Waals surface area (Å²) < 4.78 is 0. The molecule has 72 heavy (non-hydrogen) atoms. The zero-order valence-corrected chi connectivity index (χ0v) is 49.1. The van der Waals surface area contributed by atoms with Crippen molar-refractivity contribution in [1.82, 2.24) is 5.32 Å². The average Bonchev–Trinajstić information content (AvgIpc) is 3.38. The maximum atomic E-state index is 12.6. The zero-order valence-electron chi connectivity index (χ0n) is 49.1. The van der Waals surface area contributed by atoms with E-state index >= 15 is 0 Å². The summed E-state index contributed by atoms with van der Waals surface area (Å²) in [6.07, 6.45) is 81.3. The molecule has 0 aliphatic heterocycles. The van der Waals surface area contributed by atoms with Gasteiger partial charge in [0.2, 0.25) is 5.91 Å². The Morgan fingerprint density at radius 1 is 0.347 bits per heavy atom. The molecule has 0 spiro atoms. The minimum Gasteiger partial charge on any atom is -0.394 e. The molecule has 0 fully saturated rings. The van der Waals surface area contributed by atoms with E-state index in [4.69, 9.17) is 0 Å². The molecule has 0 rings (SSSR count). The lowest BCUT2D eigenvalue weighted by Gasteiger charge is -2.21. The lowest BCUT2D eigenvalue weighted by Crippen LogP contribution is -2.45. The van der Waals surface area contributed by atoms with Gasteiger partial charge in [0, 0.05) is 0 Å². The van der Waals surface area contributed by atoms with E-state index in [-0.39, 0.29) is 18.9 Å². The van der Waals surface area contributed by atoms with Crippen LogP contribution in [0.25, 0.3) is 0 Å². The first-order valence-electron chi connectivity index (χ1n) is 33.1. The Hall–Kier alpha value is -1.17. The van der Waals surface area contributed by atoms with Crippen LogP contribution in [0.4, 0.5) is 0 Å². The Morgan fingerprint density at radius 2 is 0.583 bits per heavy atom. The van der Waals surface area contributed by atoms with Crippen molar-refractivity contribution < 1.29 is 20.1 Å². The predicted octanol–water partition coefficient (Wildman–Crippen LogP) is 21.2. The Labute approximate surface area is 452 Å². The van der Waals surface area contributed by atoms with Crippen molar-refractivity contribution >= 4 is 5.91 Å². The Bertz CT molecular complexity index is 1080. The van der Waals surface area contributed by atoms with Gasteiger partial charge in [0.1, 0.15) is 0 Å². The molecule has 0 heterocycles. The summed E-state index contributed by atoms with van der Waals surface area (Å²) in [5, 5.41) is 33.6. The molecule has 0 aliphatic carbocycles. The van der Waals surface area contributed by atoms with Gasteiger partial charge in [-0.2, -0.15) is 0 Å². The summed E-state index contributed by atoms with van der Waals surface area (Å²) in [7, 11) is 0. The van der Waals surface area contributed by atoms with Crippen LogP contribution in [0.15, 0.2) is 24.3 Å². The maximum Gasteiger partial charge on any atom is 0.222 e. The maximum absolute atomic E-state index is 12.6. The first-order chi connectivity index (χ1) is 35.5. The summed E-state index contributed by atoms with van der Waals surface area (Å²) >= 11 is 0. The number of unbranched alkanes of at least 4 members (excludes halogenated alkanes) is 51. The molecule has 0 bridgehead atoms. The van der Waals surface area contributed by atoms with Gasteiger partial charge in [-0.1, -0.05) is 346 Å². The van der Waals surface area contributed by atoms with Gasteiger partial charge in [0.25, 0.3) is 0 Å². The van der Waals surface area contributed by atoms with Crippen molar-refractivity contribution in [2.45, 2.75) is 392 Å². The van der Waals surface area contributed by atoms with Crippen LogP contribution in [0.3, 0.4) is 0 Å². The van der Waals surface area contributed by atoms with Gasteiger partial charge >= 0.3 is 0 Å². The smallest absolute Gasteiger partial charge is 0.222 e. The third kappa shape index (κ3) is 58.1. The fourth-order valence-corrected chi connectivity index (χ4v) is 10.7. The molecule has 3 atom stereocenters. The monoisotopic (exact) mass is 1010 g/mol. The highest BCUT2D eigenvalue weighted by atomic mass is 16.3. The lowest BCUT2D eigenvalue weighted by molar-refractivity contribution is -0.124. The number of allylic oxidation sites excluding steroid dienone is 3. The normalized spacial score (nSPS) is 13.2.